The predicted molar refractivity (Wildman–Crippen MR) is 92.3 cm³/mol. The van der Waals surface area contributed by atoms with Crippen molar-refractivity contribution in [3.05, 3.63) is 29.3 Å². The van der Waals surface area contributed by atoms with Crippen LogP contribution in [0.4, 0.5) is 0 Å². The van der Waals surface area contributed by atoms with Crippen molar-refractivity contribution in [2.75, 3.05) is 13.1 Å². The lowest BCUT2D eigenvalue weighted by Crippen LogP contribution is -2.47. The van der Waals surface area contributed by atoms with Crippen molar-refractivity contribution in [1.82, 2.24) is 4.90 Å². The molecule has 1 fully saturated rings. The number of aliphatic carboxylic acids is 1. The number of rotatable bonds is 5. The summed E-state index contributed by atoms with van der Waals surface area (Å²) in [7, 11) is 0. The summed E-state index contributed by atoms with van der Waals surface area (Å²) in [6.07, 6.45) is 0.720. The SMILES string of the molecule is Cc1ccc(C(C)C)c(OC(C)C(=O)N2CCC[C@H](C(=O)O)C2)c1. The highest BCUT2D eigenvalue weighted by molar-refractivity contribution is 5.82. The number of benzene rings is 1. The normalized spacial score (nSPS) is 19.2. The van der Waals surface area contributed by atoms with E-state index in [0.29, 0.717) is 18.9 Å². The number of nitrogens with zero attached hydrogens (tertiary/aromatic N) is 1. The van der Waals surface area contributed by atoms with Gasteiger partial charge >= 0.3 is 5.97 Å². The summed E-state index contributed by atoms with van der Waals surface area (Å²) in [5.41, 5.74) is 2.15. The number of likely N-dealkylation sites (tertiary alicyclic amines) is 1. The molecule has 0 aromatic heterocycles. The minimum atomic E-state index is -0.832. The highest BCUT2D eigenvalue weighted by atomic mass is 16.5. The Bertz CT molecular complexity index is 611. The summed E-state index contributed by atoms with van der Waals surface area (Å²) >= 11 is 0. The first-order valence-electron chi connectivity index (χ1n) is 8.58. The summed E-state index contributed by atoms with van der Waals surface area (Å²) in [6, 6.07) is 6.03. The molecule has 1 aromatic carbocycles. The Labute approximate surface area is 143 Å². The summed E-state index contributed by atoms with van der Waals surface area (Å²) < 4.78 is 5.96. The zero-order chi connectivity index (χ0) is 17.9. The van der Waals surface area contributed by atoms with E-state index in [0.717, 1.165) is 23.3 Å². The molecule has 2 atom stereocenters. The van der Waals surface area contributed by atoms with Gasteiger partial charge in [0.05, 0.1) is 5.92 Å². The Balaban J connectivity index is 2.09. The molecule has 1 heterocycles. The van der Waals surface area contributed by atoms with Crippen LogP contribution in [0.15, 0.2) is 18.2 Å². The molecule has 1 aliphatic rings. The molecule has 1 aliphatic heterocycles. The van der Waals surface area contributed by atoms with Gasteiger partial charge in [0.2, 0.25) is 0 Å². The third-order valence-corrected chi connectivity index (χ3v) is 4.52. The third kappa shape index (κ3) is 4.28. The van der Waals surface area contributed by atoms with Gasteiger partial charge in [0.1, 0.15) is 5.75 Å². The molecule has 5 nitrogen and oxygen atoms in total. The Morgan fingerprint density at radius 1 is 1.29 bits per heavy atom. The van der Waals surface area contributed by atoms with E-state index in [4.69, 9.17) is 4.74 Å². The second-order valence-corrected chi connectivity index (χ2v) is 6.92. The van der Waals surface area contributed by atoms with E-state index in [2.05, 4.69) is 13.8 Å². The van der Waals surface area contributed by atoms with Gasteiger partial charge in [-0.3, -0.25) is 9.59 Å². The van der Waals surface area contributed by atoms with Crippen molar-refractivity contribution in [2.45, 2.75) is 52.6 Å². The minimum Gasteiger partial charge on any atom is -0.481 e. The molecule has 1 unspecified atom stereocenters. The average molecular weight is 333 g/mol. The third-order valence-electron chi connectivity index (χ3n) is 4.52. The van der Waals surface area contributed by atoms with Crippen LogP contribution in [0.2, 0.25) is 0 Å². The van der Waals surface area contributed by atoms with Crippen LogP contribution in [0.5, 0.6) is 5.75 Å². The van der Waals surface area contributed by atoms with E-state index in [-0.39, 0.29) is 12.5 Å². The van der Waals surface area contributed by atoms with Gasteiger partial charge in [-0.1, -0.05) is 26.0 Å². The molecule has 1 N–H and O–H groups in total. The van der Waals surface area contributed by atoms with Crippen molar-refractivity contribution < 1.29 is 19.4 Å². The Hall–Kier alpha value is -2.04. The number of aryl methyl sites for hydroxylation is 1. The van der Waals surface area contributed by atoms with Crippen LogP contribution in [0.1, 0.15) is 50.7 Å². The van der Waals surface area contributed by atoms with E-state index in [1.807, 2.05) is 25.1 Å². The molecule has 1 aromatic rings. The number of carboxylic acid groups (broad SMARTS) is 1. The molecule has 0 radical (unpaired) electrons. The molecule has 0 bridgehead atoms. The van der Waals surface area contributed by atoms with E-state index in [1.54, 1.807) is 11.8 Å². The monoisotopic (exact) mass is 333 g/mol. The fourth-order valence-corrected chi connectivity index (χ4v) is 3.10. The predicted octanol–water partition coefficient (Wildman–Crippen LogP) is 3.21. The lowest BCUT2D eigenvalue weighted by Gasteiger charge is -2.32. The van der Waals surface area contributed by atoms with Gasteiger partial charge < -0.3 is 14.7 Å². The fourth-order valence-electron chi connectivity index (χ4n) is 3.10. The van der Waals surface area contributed by atoms with E-state index in [1.165, 1.54) is 0 Å². The lowest BCUT2D eigenvalue weighted by molar-refractivity contribution is -0.147. The number of carboxylic acids is 1. The van der Waals surface area contributed by atoms with Gasteiger partial charge in [0, 0.05) is 13.1 Å². The number of amides is 1. The summed E-state index contributed by atoms with van der Waals surface area (Å²) in [4.78, 5) is 25.4. The number of carbonyl (C=O) groups excluding carboxylic acids is 1. The molecule has 132 valence electrons. The first kappa shape index (κ1) is 18.3. The Kier molecular flexibility index (Phi) is 5.86. The van der Waals surface area contributed by atoms with Crippen LogP contribution in [0, 0.1) is 12.8 Å². The quantitative estimate of drug-likeness (QED) is 0.898. The van der Waals surface area contributed by atoms with Crippen LogP contribution in [0.3, 0.4) is 0 Å². The van der Waals surface area contributed by atoms with Crippen molar-refractivity contribution >= 4 is 11.9 Å². The van der Waals surface area contributed by atoms with Crippen LogP contribution < -0.4 is 4.74 Å². The van der Waals surface area contributed by atoms with Gasteiger partial charge in [-0.25, -0.2) is 0 Å². The number of piperidine rings is 1. The molecule has 1 saturated heterocycles. The molecule has 5 heteroatoms. The Morgan fingerprint density at radius 3 is 2.62 bits per heavy atom. The maximum Gasteiger partial charge on any atom is 0.308 e. The average Bonchev–Trinajstić information content (AvgIpc) is 2.54. The van der Waals surface area contributed by atoms with E-state index >= 15 is 0 Å². The highest BCUT2D eigenvalue weighted by Gasteiger charge is 2.31. The van der Waals surface area contributed by atoms with Crippen molar-refractivity contribution in [2.24, 2.45) is 5.92 Å². The number of carbonyl (C=O) groups is 2. The first-order valence-corrected chi connectivity index (χ1v) is 8.58. The molecule has 0 spiro atoms. The van der Waals surface area contributed by atoms with E-state index in [9.17, 15) is 14.7 Å². The van der Waals surface area contributed by atoms with Crippen molar-refractivity contribution in [1.29, 1.82) is 0 Å². The Morgan fingerprint density at radius 2 is 2.00 bits per heavy atom. The molecule has 1 amide bonds. The van der Waals surface area contributed by atoms with Crippen LogP contribution in [0.25, 0.3) is 0 Å². The van der Waals surface area contributed by atoms with Gasteiger partial charge in [-0.2, -0.15) is 0 Å². The van der Waals surface area contributed by atoms with Crippen LogP contribution in [-0.4, -0.2) is 41.1 Å². The van der Waals surface area contributed by atoms with Gasteiger partial charge in [-0.15, -0.1) is 0 Å². The summed E-state index contributed by atoms with van der Waals surface area (Å²) in [6.45, 7) is 8.77. The first-order chi connectivity index (χ1) is 11.3. The largest absolute Gasteiger partial charge is 0.481 e. The second kappa shape index (κ2) is 7.69. The molecule has 24 heavy (non-hydrogen) atoms. The second-order valence-electron chi connectivity index (χ2n) is 6.92. The van der Waals surface area contributed by atoms with Crippen molar-refractivity contribution in [3.8, 4) is 5.75 Å². The molecular weight excluding hydrogens is 306 g/mol. The smallest absolute Gasteiger partial charge is 0.308 e. The summed E-state index contributed by atoms with van der Waals surface area (Å²) in [5.74, 6) is -0.411. The van der Waals surface area contributed by atoms with Crippen LogP contribution in [-0.2, 0) is 9.59 Å². The zero-order valence-electron chi connectivity index (χ0n) is 14.9. The van der Waals surface area contributed by atoms with E-state index < -0.39 is 18.0 Å². The van der Waals surface area contributed by atoms with Gasteiger partial charge in [0.15, 0.2) is 6.10 Å². The zero-order valence-corrected chi connectivity index (χ0v) is 14.9. The minimum absolute atomic E-state index is 0.142. The maximum absolute atomic E-state index is 12.6. The van der Waals surface area contributed by atoms with Crippen molar-refractivity contribution in [3.63, 3.8) is 0 Å². The fraction of sp³-hybridized carbons (Fsp3) is 0.579. The highest BCUT2D eigenvalue weighted by Crippen LogP contribution is 2.29. The van der Waals surface area contributed by atoms with Gasteiger partial charge in [-0.05, 0) is 49.8 Å². The van der Waals surface area contributed by atoms with Gasteiger partial charge in [0.25, 0.3) is 5.91 Å². The number of hydrogen-bond acceptors (Lipinski definition) is 3. The maximum atomic E-state index is 12.6. The topological polar surface area (TPSA) is 66.8 Å². The lowest BCUT2D eigenvalue weighted by atomic mass is 9.98. The molecule has 2 rings (SSSR count). The number of ether oxygens (including phenoxy) is 1. The van der Waals surface area contributed by atoms with Crippen LogP contribution >= 0.6 is 0 Å². The standard InChI is InChI=1S/C19H27NO4/c1-12(2)16-8-7-13(3)10-17(16)24-14(4)18(21)20-9-5-6-15(11-20)19(22)23/h7-8,10,12,14-15H,5-6,9,11H2,1-4H3,(H,22,23)/t14?,15-/m0/s1. The number of hydrogen-bond donors (Lipinski definition) is 1. The molecule has 0 saturated carbocycles. The molecule has 0 aliphatic carbocycles. The summed E-state index contributed by atoms with van der Waals surface area (Å²) in [5, 5.41) is 9.17. The molecular formula is C19H27NO4.